The number of hydrogen-bond donors (Lipinski definition) is 2. The highest BCUT2D eigenvalue weighted by Gasteiger charge is 2.33. The van der Waals surface area contributed by atoms with Gasteiger partial charge in [0.2, 0.25) is 0 Å². The van der Waals surface area contributed by atoms with Gasteiger partial charge in [-0.3, -0.25) is 4.79 Å². The van der Waals surface area contributed by atoms with Crippen LogP contribution in [0.3, 0.4) is 0 Å². The third-order valence-corrected chi connectivity index (χ3v) is 5.57. The van der Waals surface area contributed by atoms with Crippen molar-refractivity contribution in [3.63, 3.8) is 0 Å². The van der Waals surface area contributed by atoms with Gasteiger partial charge in [0, 0.05) is 35.8 Å². The SMILES string of the molecule is O=C(C(=CO)CCN1CCC(O)(c2ccc(Cl)cc2)CC1)c1ccc(F)cc1. The van der Waals surface area contributed by atoms with Gasteiger partial charge in [0.1, 0.15) is 5.82 Å². The molecule has 0 atom stereocenters. The van der Waals surface area contributed by atoms with Gasteiger partial charge >= 0.3 is 0 Å². The predicted molar refractivity (Wildman–Crippen MR) is 107 cm³/mol. The first kappa shape index (κ1) is 20.5. The molecule has 1 aliphatic rings. The average molecular weight is 404 g/mol. The number of halogens is 2. The van der Waals surface area contributed by atoms with Crippen LogP contribution in [-0.4, -0.2) is 40.5 Å². The molecule has 0 bridgehead atoms. The number of rotatable bonds is 6. The molecule has 0 aromatic heterocycles. The van der Waals surface area contributed by atoms with Gasteiger partial charge in [-0.25, -0.2) is 4.39 Å². The van der Waals surface area contributed by atoms with Gasteiger partial charge in [-0.15, -0.1) is 0 Å². The van der Waals surface area contributed by atoms with Crippen LogP contribution in [-0.2, 0) is 5.60 Å². The summed E-state index contributed by atoms with van der Waals surface area (Å²) in [7, 11) is 0. The molecule has 148 valence electrons. The summed E-state index contributed by atoms with van der Waals surface area (Å²) in [5.74, 6) is -0.718. The molecule has 0 amide bonds. The fourth-order valence-corrected chi connectivity index (χ4v) is 3.62. The zero-order chi connectivity index (χ0) is 20.1. The molecule has 4 nitrogen and oxygen atoms in total. The second-order valence-electron chi connectivity index (χ2n) is 7.12. The van der Waals surface area contributed by atoms with E-state index >= 15 is 0 Å². The van der Waals surface area contributed by atoms with Gasteiger partial charge in [-0.05, 0) is 61.2 Å². The van der Waals surface area contributed by atoms with E-state index in [1.54, 1.807) is 12.1 Å². The van der Waals surface area contributed by atoms with Crippen molar-refractivity contribution in [2.24, 2.45) is 0 Å². The van der Waals surface area contributed by atoms with Crippen LogP contribution in [0.2, 0.25) is 5.02 Å². The molecule has 0 spiro atoms. The number of Topliss-reactive ketones (excluding diaryl/α,β-unsaturated/α-hetero) is 1. The molecule has 0 saturated carbocycles. The lowest BCUT2D eigenvalue weighted by Crippen LogP contribution is -2.43. The van der Waals surface area contributed by atoms with Crippen molar-refractivity contribution < 1.29 is 19.4 Å². The zero-order valence-electron chi connectivity index (χ0n) is 15.4. The summed E-state index contributed by atoms with van der Waals surface area (Å²) in [5.41, 5.74) is 0.613. The number of carbonyl (C=O) groups is 1. The summed E-state index contributed by atoms with van der Waals surface area (Å²) in [6.45, 7) is 1.96. The first-order chi connectivity index (χ1) is 13.4. The van der Waals surface area contributed by atoms with Crippen LogP contribution in [0.1, 0.15) is 35.2 Å². The van der Waals surface area contributed by atoms with Gasteiger partial charge in [-0.2, -0.15) is 0 Å². The molecular formula is C22H23ClFNO3. The number of nitrogens with zero attached hydrogens (tertiary/aromatic N) is 1. The van der Waals surface area contributed by atoms with Crippen molar-refractivity contribution >= 4 is 17.4 Å². The van der Waals surface area contributed by atoms with Gasteiger partial charge in [0.15, 0.2) is 5.78 Å². The maximum atomic E-state index is 13.0. The maximum absolute atomic E-state index is 13.0. The van der Waals surface area contributed by atoms with Gasteiger partial charge in [0.05, 0.1) is 11.9 Å². The Bertz CT molecular complexity index is 841. The highest BCUT2D eigenvalue weighted by Crippen LogP contribution is 2.33. The summed E-state index contributed by atoms with van der Waals surface area (Å²) < 4.78 is 13.0. The van der Waals surface area contributed by atoms with Crippen molar-refractivity contribution in [2.75, 3.05) is 19.6 Å². The van der Waals surface area contributed by atoms with E-state index in [1.165, 1.54) is 24.3 Å². The fourth-order valence-electron chi connectivity index (χ4n) is 3.50. The second-order valence-corrected chi connectivity index (χ2v) is 7.56. The molecule has 1 saturated heterocycles. The Labute approximate surface area is 168 Å². The van der Waals surface area contributed by atoms with Gasteiger partial charge < -0.3 is 15.1 Å². The summed E-state index contributed by atoms with van der Waals surface area (Å²) in [6, 6.07) is 12.5. The summed E-state index contributed by atoms with van der Waals surface area (Å²) in [4.78, 5) is 14.6. The lowest BCUT2D eigenvalue weighted by Gasteiger charge is -2.38. The Morgan fingerprint density at radius 3 is 2.29 bits per heavy atom. The van der Waals surface area contributed by atoms with Gasteiger partial charge in [0.25, 0.3) is 0 Å². The van der Waals surface area contributed by atoms with Crippen molar-refractivity contribution in [1.82, 2.24) is 4.90 Å². The molecule has 1 fully saturated rings. The van der Waals surface area contributed by atoms with Crippen molar-refractivity contribution in [3.8, 4) is 0 Å². The van der Waals surface area contributed by atoms with Crippen molar-refractivity contribution in [1.29, 1.82) is 0 Å². The lowest BCUT2D eigenvalue weighted by atomic mass is 9.84. The van der Waals surface area contributed by atoms with Crippen LogP contribution in [0, 0.1) is 5.82 Å². The third-order valence-electron chi connectivity index (χ3n) is 5.32. The number of benzene rings is 2. The quantitative estimate of drug-likeness (QED) is 0.424. The molecule has 2 aromatic carbocycles. The number of hydrogen-bond acceptors (Lipinski definition) is 4. The summed E-state index contributed by atoms with van der Waals surface area (Å²) in [6.07, 6.45) is 2.38. The number of ketones is 1. The Hall–Kier alpha value is -2.21. The molecule has 6 heteroatoms. The first-order valence-electron chi connectivity index (χ1n) is 9.25. The van der Waals surface area contributed by atoms with Crippen molar-refractivity contribution in [2.45, 2.75) is 24.9 Å². The average Bonchev–Trinajstić information content (AvgIpc) is 2.70. The van der Waals surface area contributed by atoms with E-state index in [-0.39, 0.29) is 11.4 Å². The smallest absolute Gasteiger partial charge is 0.192 e. The minimum absolute atomic E-state index is 0.283. The van der Waals surface area contributed by atoms with E-state index in [1.807, 2.05) is 12.1 Å². The molecule has 2 N–H and O–H groups in total. The van der Waals surface area contributed by atoms with Crippen LogP contribution in [0.25, 0.3) is 0 Å². The van der Waals surface area contributed by atoms with Crippen LogP contribution in [0.15, 0.2) is 60.4 Å². The highest BCUT2D eigenvalue weighted by atomic mass is 35.5. The van der Waals surface area contributed by atoms with Crippen LogP contribution in [0.4, 0.5) is 4.39 Å². The molecule has 1 heterocycles. The Balaban J connectivity index is 1.55. The number of carbonyl (C=O) groups excluding carboxylic acids is 1. The Morgan fingerprint density at radius 2 is 1.71 bits per heavy atom. The normalized spacial score (nSPS) is 17.5. The van der Waals surface area contributed by atoms with E-state index in [4.69, 9.17) is 11.6 Å². The molecule has 1 aliphatic heterocycles. The van der Waals surface area contributed by atoms with E-state index in [9.17, 15) is 19.4 Å². The van der Waals surface area contributed by atoms with Crippen molar-refractivity contribution in [3.05, 3.63) is 82.3 Å². The minimum Gasteiger partial charge on any atom is -0.515 e. The molecule has 2 aromatic rings. The zero-order valence-corrected chi connectivity index (χ0v) is 16.2. The van der Waals surface area contributed by atoms with Gasteiger partial charge in [-0.1, -0.05) is 23.7 Å². The minimum atomic E-state index is -0.874. The Morgan fingerprint density at radius 1 is 1.11 bits per heavy atom. The lowest BCUT2D eigenvalue weighted by molar-refractivity contribution is -0.0256. The van der Waals surface area contributed by atoms with E-state index in [2.05, 4.69) is 4.90 Å². The van der Waals surface area contributed by atoms with Crippen LogP contribution in [0.5, 0.6) is 0 Å². The highest BCUT2D eigenvalue weighted by molar-refractivity contribution is 6.30. The largest absolute Gasteiger partial charge is 0.515 e. The fraction of sp³-hybridized carbons (Fsp3) is 0.318. The molecular weight excluding hydrogens is 381 g/mol. The molecule has 0 unspecified atom stereocenters. The predicted octanol–water partition coefficient (Wildman–Crippen LogP) is 4.48. The number of likely N-dealkylation sites (tertiary alicyclic amines) is 1. The molecule has 0 aliphatic carbocycles. The summed E-state index contributed by atoms with van der Waals surface area (Å²) >= 11 is 5.92. The molecule has 28 heavy (non-hydrogen) atoms. The van der Waals surface area contributed by atoms with Crippen LogP contribution < -0.4 is 0 Å². The Kier molecular flexibility index (Phi) is 6.50. The first-order valence-corrected chi connectivity index (χ1v) is 9.63. The monoisotopic (exact) mass is 403 g/mol. The van der Waals surface area contributed by atoms with E-state index in [0.717, 1.165) is 11.8 Å². The number of aliphatic hydroxyl groups excluding tert-OH is 1. The standard InChI is InChI=1S/C22H23ClFNO3/c23-19-5-3-18(4-6-19)22(28)10-13-25(14-11-22)12-9-17(15-26)21(27)16-1-7-20(24)8-2-16/h1-8,15,26,28H,9-14H2. The summed E-state index contributed by atoms with van der Waals surface area (Å²) in [5, 5.41) is 21.0. The third kappa shape index (κ3) is 4.79. The number of piperidine rings is 1. The number of aliphatic hydroxyl groups is 2. The maximum Gasteiger partial charge on any atom is 0.192 e. The topological polar surface area (TPSA) is 60.8 Å². The van der Waals surface area contributed by atoms with E-state index < -0.39 is 11.4 Å². The van der Waals surface area contributed by atoms with Crippen LogP contribution >= 0.6 is 11.6 Å². The molecule has 0 radical (unpaired) electrons. The second kappa shape index (κ2) is 8.86. The van der Waals surface area contributed by atoms with E-state index in [0.29, 0.717) is 49.5 Å². The molecule has 3 rings (SSSR count).